The standard InChI is InChI=1S/C22H24ClN3O/c1-14-12-15(2)21(16(3)20(14)22(23)27)25-18-8-10-26(11-9-18)19-7-5-4-6-17(19)13-24/h4-7,12,18,25H,8-11H2,1-3H3. The molecule has 1 heterocycles. The number of hydrogen-bond acceptors (Lipinski definition) is 4. The van der Waals surface area contributed by atoms with Crippen LogP contribution in [0.2, 0.25) is 0 Å². The van der Waals surface area contributed by atoms with Gasteiger partial charge in [-0.05, 0) is 74.0 Å². The first-order valence-corrected chi connectivity index (χ1v) is 9.61. The van der Waals surface area contributed by atoms with Gasteiger partial charge in [-0.25, -0.2) is 0 Å². The number of carbonyl (C=O) groups is 1. The number of anilines is 2. The monoisotopic (exact) mass is 381 g/mol. The second kappa shape index (κ2) is 8.02. The lowest BCUT2D eigenvalue weighted by Crippen LogP contribution is -2.39. The average Bonchev–Trinajstić information content (AvgIpc) is 2.65. The van der Waals surface area contributed by atoms with Gasteiger partial charge >= 0.3 is 0 Å². The molecule has 0 aliphatic carbocycles. The topological polar surface area (TPSA) is 56.1 Å². The van der Waals surface area contributed by atoms with E-state index < -0.39 is 5.24 Å². The highest BCUT2D eigenvalue weighted by Crippen LogP contribution is 2.31. The Kier molecular flexibility index (Phi) is 5.72. The Morgan fingerprint density at radius 2 is 1.85 bits per heavy atom. The van der Waals surface area contributed by atoms with Gasteiger partial charge in [0.05, 0.1) is 11.3 Å². The molecular weight excluding hydrogens is 358 g/mol. The van der Waals surface area contributed by atoms with E-state index in [2.05, 4.69) is 23.2 Å². The Labute approximate surface area is 165 Å². The molecule has 1 fully saturated rings. The molecule has 0 atom stereocenters. The minimum atomic E-state index is -0.407. The highest BCUT2D eigenvalue weighted by atomic mass is 35.5. The largest absolute Gasteiger partial charge is 0.382 e. The first kappa shape index (κ1) is 19.3. The molecule has 27 heavy (non-hydrogen) atoms. The molecular formula is C22H24ClN3O. The van der Waals surface area contributed by atoms with Gasteiger partial charge in [0, 0.05) is 30.4 Å². The Hall–Kier alpha value is -2.51. The van der Waals surface area contributed by atoms with E-state index in [1.165, 1.54) is 0 Å². The van der Waals surface area contributed by atoms with Crippen LogP contribution in [0.25, 0.3) is 0 Å². The second-order valence-electron chi connectivity index (χ2n) is 7.19. The van der Waals surface area contributed by atoms with Crippen molar-refractivity contribution in [2.45, 2.75) is 39.7 Å². The van der Waals surface area contributed by atoms with Crippen molar-refractivity contribution in [1.29, 1.82) is 5.26 Å². The van der Waals surface area contributed by atoms with Crippen molar-refractivity contribution in [3.05, 3.63) is 58.1 Å². The average molecular weight is 382 g/mol. The molecule has 1 N–H and O–H groups in total. The molecule has 1 saturated heterocycles. The quantitative estimate of drug-likeness (QED) is 0.762. The summed E-state index contributed by atoms with van der Waals surface area (Å²) in [5.41, 5.74) is 6.31. The van der Waals surface area contributed by atoms with Crippen LogP contribution in [0.15, 0.2) is 30.3 Å². The fraction of sp³-hybridized carbons (Fsp3) is 0.364. The van der Waals surface area contributed by atoms with E-state index in [1.54, 1.807) is 0 Å². The third-order valence-electron chi connectivity index (χ3n) is 5.38. The van der Waals surface area contributed by atoms with Gasteiger partial charge in [0.1, 0.15) is 6.07 Å². The molecule has 2 aromatic rings. The minimum absolute atomic E-state index is 0.328. The predicted octanol–water partition coefficient (Wildman–Crippen LogP) is 4.94. The SMILES string of the molecule is Cc1cc(C)c(C(=O)Cl)c(C)c1NC1CCN(c2ccccc2C#N)CC1. The van der Waals surface area contributed by atoms with E-state index >= 15 is 0 Å². The summed E-state index contributed by atoms with van der Waals surface area (Å²) in [6.45, 7) is 7.72. The van der Waals surface area contributed by atoms with E-state index in [-0.39, 0.29) is 0 Å². The summed E-state index contributed by atoms with van der Waals surface area (Å²) < 4.78 is 0. The summed E-state index contributed by atoms with van der Waals surface area (Å²) in [6, 6.07) is 12.4. The Bertz CT molecular complexity index is 909. The highest BCUT2D eigenvalue weighted by molar-refractivity contribution is 6.68. The zero-order valence-corrected chi connectivity index (χ0v) is 16.7. The Morgan fingerprint density at radius 1 is 1.19 bits per heavy atom. The molecule has 0 radical (unpaired) electrons. The molecule has 0 amide bonds. The molecule has 0 aromatic heterocycles. The molecule has 0 spiro atoms. The molecule has 3 rings (SSSR count). The van der Waals surface area contributed by atoms with Gasteiger partial charge in [0.25, 0.3) is 5.24 Å². The van der Waals surface area contributed by atoms with Crippen LogP contribution in [0.5, 0.6) is 0 Å². The fourth-order valence-corrected chi connectivity index (χ4v) is 4.31. The predicted molar refractivity (Wildman–Crippen MR) is 111 cm³/mol. The normalized spacial score (nSPS) is 14.7. The van der Waals surface area contributed by atoms with Crippen molar-refractivity contribution in [1.82, 2.24) is 0 Å². The van der Waals surface area contributed by atoms with Crippen LogP contribution in [-0.2, 0) is 0 Å². The molecule has 5 heteroatoms. The number of para-hydroxylation sites is 1. The molecule has 0 saturated carbocycles. The summed E-state index contributed by atoms with van der Waals surface area (Å²) in [7, 11) is 0. The zero-order chi connectivity index (χ0) is 19.6. The molecule has 140 valence electrons. The fourth-order valence-electron chi connectivity index (χ4n) is 4.02. The summed E-state index contributed by atoms with van der Waals surface area (Å²) >= 11 is 5.80. The second-order valence-corrected chi connectivity index (χ2v) is 7.54. The summed E-state index contributed by atoms with van der Waals surface area (Å²) in [5, 5.41) is 12.6. The van der Waals surface area contributed by atoms with Crippen LogP contribution < -0.4 is 10.2 Å². The van der Waals surface area contributed by atoms with Crippen molar-refractivity contribution in [2.24, 2.45) is 0 Å². The number of nitrogens with one attached hydrogen (secondary N) is 1. The van der Waals surface area contributed by atoms with Gasteiger partial charge in [0.2, 0.25) is 0 Å². The number of halogens is 1. The minimum Gasteiger partial charge on any atom is -0.382 e. The third-order valence-corrected chi connectivity index (χ3v) is 5.57. The van der Waals surface area contributed by atoms with Crippen molar-refractivity contribution in [3.8, 4) is 6.07 Å². The lowest BCUT2D eigenvalue weighted by Gasteiger charge is -2.35. The van der Waals surface area contributed by atoms with Crippen LogP contribution in [-0.4, -0.2) is 24.4 Å². The van der Waals surface area contributed by atoms with Crippen LogP contribution in [0.1, 0.15) is 45.5 Å². The third kappa shape index (κ3) is 3.94. The van der Waals surface area contributed by atoms with E-state index in [9.17, 15) is 10.1 Å². The number of aryl methyl sites for hydroxylation is 2. The van der Waals surface area contributed by atoms with Crippen molar-refractivity contribution < 1.29 is 4.79 Å². The number of nitriles is 1. The van der Waals surface area contributed by atoms with Gasteiger partial charge in [-0.2, -0.15) is 5.26 Å². The van der Waals surface area contributed by atoms with Crippen LogP contribution in [0.3, 0.4) is 0 Å². The summed E-state index contributed by atoms with van der Waals surface area (Å²) in [4.78, 5) is 14.1. The smallest absolute Gasteiger partial charge is 0.253 e. The lowest BCUT2D eigenvalue weighted by molar-refractivity contribution is 0.108. The van der Waals surface area contributed by atoms with E-state index in [1.807, 2.05) is 44.2 Å². The molecule has 2 aromatic carbocycles. The van der Waals surface area contributed by atoms with Gasteiger partial charge in [-0.15, -0.1) is 0 Å². The number of nitrogens with zero attached hydrogens (tertiary/aromatic N) is 2. The summed E-state index contributed by atoms with van der Waals surface area (Å²) in [5.74, 6) is 0. The van der Waals surface area contributed by atoms with Gasteiger partial charge in [-0.3, -0.25) is 4.79 Å². The molecule has 0 unspecified atom stereocenters. The number of hydrogen-bond donors (Lipinski definition) is 1. The van der Waals surface area contributed by atoms with Crippen molar-refractivity contribution in [3.63, 3.8) is 0 Å². The van der Waals surface area contributed by atoms with Crippen molar-refractivity contribution in [2.75, 3.05) is 23.3 Å². The first-order valence-electron chi connectivity index (χ1n) is 9.23. The number of rotatable bonds is 4. The number of piperidine rings is 1. The van der Waals surface area contributed by atoms with Crippen LogP contribution in [0.4, 0.5) is 11.4 Å². The maximum Gasteiger partial charge on any atom is 0.253 e. The van der Waals surface area contributed by atoms with Gasteiger partial charge in [-0.1, -0.05) is 18.2 Å². The molecule has 0 bridgehead atoms. The lowest BCUT2D eigenvalue weighted by atomic mass is 9.96. The van der Waals surface area contributed by atoms with Crippen molar-refractivity contribution >= 4 is 28.2 Å². The number of benzene rings is 2. The molecule has 1 aliphatic heterocycles. The molecule has 1 aliphatic rings. The van der Waals surface area contributed by atoms with E-state index in [4.69, 9.17) is 11.6 Å². The Balaban J connectivity index is 1.74. The van der Waals surface area contributed by atoms with Crippen LogP contribution >= 0.6 is 11.6 Å². The zero-order valence-electron chi connectivity index (χ0n) is 16.0. The number of carbonyl (C=O) groups excluding carboxylic acids is 1. The first-order chi connectivity index (χ1) is 12.9. The highest BCUT2D eigenvalue weighted by Gasteiger charge is 2.23. The molecule has 4 nitrogen and oxygen atoms in total. The summed E-state index contributed by atoms with van der Waals surface area (Å²) in [6.07, 6.45) is 1.94. The van der Waals surface area contributed by atoms with Crippen LogP contribution in [0, 0.1) is 32.1 Å². The maximum atomic E-state index is 11.8. The van der Waals surface area contributed by atoms with E-state index in [0.717, 1.165) is 59.6 Å². The van der Waals surface area contributed by atoms with Gasteiger partial charge in [0.15, 0.2) is 0 Å². The Morgan fingerprint density at radius 3 is 2.48 bits per heavy atom. The van der Waals surface area contributed by atoms with E-state index in [0.29, 0.717) is 11.6 Å². The van der Waals surface area contributed by atoms with Gasteiger partial charge < -0.3 is 10.2 Å². The maximum absolute atomic E-state index is 11.8.